The fourth-order valence-corrected chi connectivity index (χ4v) is 3.52. The Labute approximate surface area is 138 Å². The summed E-state index contributed by atoms with van der Waals surface area (Å²) in [4.78, 5) is 14.9. The number of ether oxygens (including phenoxy) is 1. The van der Waals surface area contributed by atoms with Crippen LogP contribution in [0.3, 0.4) is 0 Å². The van der Waals surface area contributed by atoms with Crippen molar-refractivity contribution in [1.29, 1.82) is 0 Å². The van der Waals surface area contributed by atoms with Crippen molar-refractivity contribution in [3.05, 3.63) is 29.8 Å². The smallest absolute Gasteiger partial charge is 0.227 e. The van der Waals surface area contributed by atoms with E-state index in [1.54, 1.807) is 7.11 Å². The molecule has 22 heavy (non-hydrogen) atoms. The summed E-state index contributed by atoms with van der Waals surface area (Å²) >= 11 is 0. The minimum absolute atomic E-state index is 0. The number of likely N-dealkylation sites (tertiary alicyclic amines) is 1. The van der Waals surface area contributed by atoms with Crippen LogP contribution in [0.5, 0.6) is 5.75 Å². The Hall–Kier alpha value is -1.26. The van der Waals surface area contributed by atoms with Gasteiger partial charge in [-0.3, -0.25) is 4.79 Å². The second kappa shape index (κ2) is 7.84. The summed E-state index contributed by atoms with van der Waals surface area (Å²) in [5.74, 6) is 1.35. The van der Waals surface area contributed by atoms with Gasteiger partial charge in [-0.1, -0.05) is 12.1 Å². The van der Waals surface area contributed by atoms with Gasteiger partial charge in [-0.05, 0) is 49.9 Å². The number of benzene rings is 1. The van der Waals surface area contributed by atoms with Crippen molar-refractivity contribution in [2.75, 3.05) is 26.7 Å². The minimum atomic E-state index is 0. The number of carbonyl (C=O) groups is 1. The molecule has 2 aliphatic rings. The van der Waals surface area contributed by atoms with Crippen molar-refractivity contribution in [1.82, 2.24) is 10.2 Å². The minimum Gasteiger partial charge on any atom is -0.497 e. The Morgan fingerprint density at radius 2 is 2.18 bits per heavy atom. The van der Waals surface area contributed by atoms with Gasteiger partial charge >= 0.3 is 0 Å². The molecule has 2 atom stereocenters. The van der Waals surface area contributed by atoms with E-state index in [9.17, 15) is 4.79 Å². The molecule has 0 radical (unpaired) electrons. The number of nitrogens with zero attached hydrogens (tertiary/aromatic N) is 1. The first-order valence-electron chi connectivity index (χ1n) is 7.95. The zero-order valence-electron chi connectivity index (χ0n) is 13.1. The maximum atomic E-state index is 12.8. The van der Waals surface area contributed by atoms with E-state index >= 15 is 0 Å². The lowest BCUT2D eigenvalue weighted by molar-refractivity contribution is -0.137. The molecular weight excluding hydrogens is 300 g/mol. The van der Waals surface area contributed by atoms with E-state index in [1.165, 1.54) is 5.56 Å². The number of halogens is 1. The zero-order valence-corrected chi connectivity index (χ0v) is 13.9. The van der Waals surface area contributed by atoms with Crippen LogP contribution in [0, 0.1) is 5.92 Å². The number of nitrogens with one attached hydrogen (secondary N) is 1. The summed E-state index contributed by atoms with van der Waals surface area (Å²) < 4.78 is 5.31. The van der Waals surface area contributed by atoms with E-state index < -0.39 is 0 Å². The molecule has 122 valence electrons. The third-order valence-electron chi connectivity index (χ3n) is 4.66. The van der Waals surface area contributed by atoms with Crippen LogP contribution >= 0.6 is 12.4 Å². The predicted octanol–water partition coefficient (Wildman–Crippen LogP) is 2.78. The Morgan fingerprint density at radius 3 is 2.91 bits per heavy atom. The molecule has 2 saturated heterocycles. The second-order valence-corrected chi connectivity index (χ2v) is 6.01. The molecule has 0 spiro atoms. The average Bonchev–Trinajstić information content (AvgIpc) is 3.04. The van der Waals surface area contributed by atoms with Gasteiger partial charge < -0.3 is 15.0 Å². The summed E-state index contributed by atoms with van der Waals surface area (Å²) in [6, 6.07) is 8.36. The number of methoxy groups -OCH3 is 1. The first-order chi connectivity index (χ1) is 10.3. The van der Waals surface area contributed by atoms with E-state index in [-0.39, 0.29) is 24.4 Å². The number of piperidine rings is 1. The van der Waals surface area contributed by atoms with Crippen LogP contribution in [0.15, 0.2) is 24.3 Å². The Kier molecular flexibility index (Phi) is 6.09. The van der Waals surface area contributed by atoms with Crippen LogP contribution in [0.2, 0.25) is 0 Å². The van der Waals surface area contributed by atoms with E-state index in [1.807, 2.05) is 12.1 Å². The lowest BCUT2D eigenvalue weighted by Crippen LogP contribution is -2.42. The Balaban J connectivity index is 0.00000176. The maximum absolute atomic E-state index is 12.8. The number of carbonyl (C=O) groups excluding carboxylic acids is 1. The van der Waals surface area contributed by atoms with Gasteiger partial charge in [0, 0.05) is 13.1 Å². The number of hydrogen-bond acceptors (Lipinski definition) is 3. The van der Waals surface area contributed by atoms with Crippen LogP contribution in [0.25, 0.3) is 0 Å². The molecule has 1 amide bonds. The highest BCUT2D eigenvalue weighted by molar-refractivity contribution is 5.85. The van der Waals surface area contributed by atoms with Gasteiger partial charge in [0.1, 0.15) is 5.75 Å². The Bertz CT molecular complexity index is 503. The van der Waals surface area contributed by atoms with Crippen molar-refractivity contribution in [2.24, 2.45) is 5.92 Å². The van der Waals surface area contributed by atoms with Crippen molar-refractivity contribution in [2.45, 2.75) is 31.7 Å². The standard InChI is InChI=1S/C17H24N2O2.ClH/c1-21-15-7-2-5-13(11-15)16-8-4-10-19(16)17(20)14-6-3-9-18-12-14;/h2,5,7,11,14,16,18H,3-4,6,8-10,12H2,1H3;1H/t14-,16?;/m1./s1. The summed E-state index contributed by atoms with van der Waals surface area (Å²) in [6.45, 7) is 2.76. The first kappa shape index (κ1) is 17.1. The predicted molar refractivity (Wildman–Crippen MR) is 89.5 cm³/mol. The first-order valence-corrected chi connectivity index (χ1v) is 7.95. The van der Waals surface area contributed by atoms with Crippen LogP contribution in [-0.4, -0.2) is 37.6 Å². The van der Waals surface area contributed by atoms with E-state index in [2.05, 4.69) is 22.3 Å². The van der Waals surface area contributed by atoms with Crippen molar-refractivity contribution < 1.29 is 9.53 Å². The van der Waals surface area contributed by atoms with Crippen LogP contribution < -0.4 is 10.1 Å². The fourth-order valence-electron chi connectivity index (χ4n) is 3.52. The molecule has 1 aromatic carbocycles. The van der Waals surface area contributed by atoms with Gasteiger partial charge in [0.05, 0.1) is 19.1 Å². The Morgan fingerprint density at radius 1 is 1.32 bits per heavy atom. The largest absolute Gasteiger partial charge is 0.497 e. The van der Waals surface area contributed by atoms with E-state index in [0.717, 1.165) is 51.1 Å². The van der Waals surface area contributed by atoms with E-state index in [0.29, 0.717) is 5.91 Å². The third-order valence-corrected chi connectivity index (χ3v) is 4.66. The molecule has 2 fully saturated rings. The molecule has 0 aliphatic carbocycles. The van der Waals surface area contributed by atoms with Gasteiger partial charge in [-0.15, -0.1) is 12.4 Å². The topological polar surface area (TPSA) is 41.6 Å². The van der Waals surface area contributed by atoms with E-state index in [4.69, 9.17) is 4.74 Å². The summed E-state index contributed by atoms with van der Waals surface area (Å²) in [6.07, 6.45) is 4.27. The van der Waals surface area contributed by atoms with Crippen LogP contribution in [0.1, 0.15) is 37.3 Å². The van der Waals surface area contributed by atoms with Gasteiger partial charge in [0.2, 0.25) is 5.91 Å². The maximum Gasteiger partial charge on any atom is 0.227 e. The summed E-state index contributed by atoms with van der Waals surface area (Å²) in [5.41, 5.74) is 1.20. The zero-order chi connectivity index (χ0) is 14.7. The molecule has 5 heteroatoms. The number of amides is 1. The molecule has 4 nitrogen and oxygen atoms in total. The molecule has 0 bridgehead atoms. The quantitative estimate of drug-likeness (QED) is 0.929. The third kappa shape index (κ3) is 3.55. The molecule has 2 heterocycles. The van der Waals surface area contributed by atoms with Crippen molar-refractivity contribution in [3.63, 3.8) is 0 Å². The molecule has 3 rings (SSSR count). The fraction of sp³-hybridized carbons (Fsp3) is 0.588. The van der Waals surface area contributed by atoms with Crippen molar-refractivity contribution in [3.8, 4) is 5.75 Å². The normalized spacial score (nSPS) is 24.7. The SMILES string of the molecule is COc1cccc(C2CCCN2C(=O)[C@@H]2CCCNC2)c1.Cl. The molecule has 0 saturated carbocycles. The molecule has 1 N–H and O–H groups in total. The van der Waals surface area contributed by atoms with Gasteiger partial charge in [-0.2, -0.15) is 0 Å². The second-order valence-electron chi connectivity index (χ2n) is 6.01. The highest BCUT2D eigenvalue weighted by Gasteiger charge is 2.34. The lowest BCUT2D eigenvalue weighted by atomic mass is 9.96. The molecule has 2 aliphatic heterocycles. The molecule has 0 aromatic heterocycles. The van der Waals surface area contributed by atoms with Gasteiger partial charge in [-0.25, -0.2) is 0 Å². The monoisotopic (exact) mass is 324 g/mol. The molecule has 1 unspecified atom stereocenters. The van der Waals surface area contributed by atoms with Crippen LogP contribution in [0.4, 0.5) is 0 Å². The lowest BCUT2D eigenvalue weighted by Gasteiger charge is -2.31. The molecular formula is C17H25ClN2O2. The van der Waals surface area contributed by atoms with Gasteiger partial charge in [0.25, 0.3) is 0 Å². The van der Waals surface area contributed by atoms with Crippen LogP contribution in [-0.2, 0) is 4.79 Å². The highest BCUT2D eigenvalue weighted by atomic mass is 35.5. The average molecular weight is 325 g/mol. The van der Waals surface area contributed by atoms with Gasteiger partial charge in [0.15, 0.2) is 0 Å². The summed E-state index contributed by atoms with van der Waals surface area (Å²) in [5, 5.41) is 3.34. The van der Waals surface area contributed by atoms with Crippen molar-refractivity contribution >= 4 is 18.3 Å². The number of rotatable bonds is 3. The number of hydrogen-bond donors (Lipinski definition) is 1. The molecule has 1 aromatic rings. The summed E-state index contributed by atoms with van der Waals surface area (Å²) in [7, 11) is 1.68. The highest BCUT2D eigenvalue weighted by Crippen LogP contribution is 2.35.